The lowest BCUT2D eigenvalue weighted by molar-refractivity contribution is 0.966. The van der Waals surface area contributed by atoms with E-state index in [1.807, 2.05) is 24.3 Å². The van der Waals surface area contributed by atoms with Crippen molar-refractivity contribution in [3.05, 3.63) is 52.0 Å². The van der Waals surface area contributed by atoms with Crippen LogP contribution in [-0.4, -0.2) is 0 Å². The summed E-state index contributed by atoms with van der Waals surface area (Å²) >= 11 is 3.43. The van der Waals surface area contributed by atoms with E-state index < -0.39 is 0 Å². The first kappa shape index (κ1) is 10.2. The molecule has 1 unspecified atom stereocenters. The van der Waals surface area contributed by atoms with Crippen molar-refractivity contribution in [1.82, 2.24) is 0 Å². The van der Waals surface area contributed by atoms with E-state index in [1.54, 1.807) is 0 Å². The molecule has 0 fully saturated rings. The molecule has 0 amide bonds. The van der Waals surface area contributed by atoms with Crippen LogP contribution in [0.1, 0.15) is 24.0 Å². The minimum Gasteiger partial charge on any atom is -0.192 e. The standard InChI is InChI=1S/C13H10BrN/c1-9-6-7-13(14)12(8-15)11-5-3-2-4-10(9)11/h2-7,9H,1H3. The molecule has 0 aliphatic heterocycles. The summed E-state index contributed by atoms with van der Waals surface area (Å²) in [5.41, 5.74) is 2.95. The van der Waals surface area contributed by atoms with Gasteiger partial charge in [0.15, 0.2) is 0 Å². The van der Waals surface area contributed by atoms with Gasteiger partial charge in [0.1, 0.15) is 6.07 Å². The molecule has 0 bridgehead atoms. The lowest BCUT2D eigenvalue weighted by Crippen LogP contribution is -1.94. The normalized spacial score (nSPS) is 19.4. The summed E-state index contributed by atoms with van der Waals surface area (Å²) in [5.74, 6) is 0.347. The number of fused-ring (bicyclic) bond motifs is 1. The Morgan fingerprint density at radius 1 is 1.33 bits per heavy atom. The van der Waals surface area contributed by atoms with Gasteiger partial charge in [-0.05, 0) is 33.0 Å². The number of hydrogen-bond acceptors (Lipinski definition) is 1. The van der Waals surface area contributed by atoms with Crippen LogP contribution in [0.3, 0.4) is 0 Å². The zero-order valence-corrected chi connectivity index (χ0v) is 9.95. The number of benzene rings is 1. The summed E-state index contributed by atoms with van der Waals surface area (Å²) in [6.45, 7) is 2.13. The Bertz CT molecular complexity index is 492. The van der Waals surface area contributed by atoms with Gasteiger partial charge in [-0.25, -0.2) is 0 Å². The molecule has 1 aliphatic rings. The largest absolute Gasteiger partial charge is 0.192 e. The molecule has 0 N–H and O–H groups in total. The predicted molar refractivity (Wildman–Crippen MR) is 65.5 cm³/mol. The van der Waals surface area contributed by atoms with Crippen LogP contribution in [-0.2, 0) is 0 Å². The maximum Gasteiger partial charge on any atom is 0.101 e. The van der Waals surface area contributed by atoms with Crippen molar-refractivity contribution in [3.8, 4) is 6.07 Å². The van der Waals surface area contributed by atoms with Gasteiger partial charge in [-0.15, -0.1) is 0 Å². The van der Waals surface area contributed by atoms with Gasteiger partial charge in [0, 0.05) is 4.48 Å². The molecule has 15 heavy (non-hydrogen) atoms. The van der Waals surface area contributed by atoms with E-state index >= 15 is 0 Å². The number of nitrogens with zero attached hydrogens (tertiary/aromatic N) is 1. The number of hydrogen-bond donors (Lipinski definition) is 0. The first-order valence-electron chi connectivity index (χ1n) is 4.81. The molecule has 1 aromatic rings. The quantitative estimate of drug-likeness (QED) is 0.691. The molecule has 1 nitrogen and oxygen atoms in total. The molecule has 0 saturated carbocycles. The van der Waals surface area contributed by atoms with Crippen molar-refractivity contribution in [2.75, 3.05) is 0 Å². The monoisotopic (exact) mass is 259 g/mol. The molecule has 74 valence electrons. The van der Waals surface area contributed by atoms with E-state index in [9.17, 15) is 0 Å². The first-order chi connectivity index (χ1) is 7.24. The average Bonchev–Trinajstić information content (AvgIpc) is 2.38. The van der Waals surface area contributed by atoms with Crippen LogP contribution in [0.5, 0.6) is 0 Å². The Hall–Kier alpha value is -1.33. The van der Waals surface area contributed by atoms with E-state index in [-0.39, 0.29) is 0 Å². The highest BCUT2D eigenvalue weighted by Gasteiger charge is 2.16. The van der Waals surface area contributed by atoms with Gasteiger partial charge in [-0.2, -0.15) is 5.26 Å². The third-order valence-corrected chi connectivity index (χ3v) is 3.26. The Labute approximate surface area is 97.9 Å². The molecule has 2 rings (SSSR count). The van der Waals surface area contributed by atoms with Crippen molar-refractivity contribution in [1.29, 1.82) is 5.26 Å². The number of nitriles is 1. The van der Waals surface area contributed by atoms with Gasteiger partial charge in [0.05, 0.1) is 5.57 Å². The minimum atomic E-state index is 0.347. The smallest absolute Gasteiger partial charge is 0.101 e. The van der Waals surface area contributed by atoms with Crippen LogP contribution in [0.4, 0.5) is 0 Å². The van der Waals surface area contributed by atoms with E-state index in [0.717, 1.165) is 10.0 Å². The lowest BCUT2D eigenvalue weighted by atomic mass is 9.94. The Kier molecular flexibility index (Phi) is 2.75. The van der Waals surface area contributed by atoms with Crippen molar-refractivity contribution < 1.29 is 0 Å². The van der Waals surface area contributed by atoms with Crippen molar-refractivity contribution in [2.45, 2.75) is 12.8 Å². The zero-order chi connectivity index (χ0) is 10.8. The van der Waals surface area contributed by atoms with Crippen LogP contribution in [0.2, 0.25) is 0 Å². The Balaban J connectivity index is 2.73. The molecule has 1 aromatic carbocycles. The van der Waals surface area contributed by atoms with Crippen molar-refractivity contribution in [3.63, 3.8) is 0 Å². The fourth-order valence-corrected chi connectivity index (χ4v) is 2.23. The Morgan fingerprint density at radius 3 is 2.80 bits per heavy atom. The molecule has 1 atom stereocenters. The average molecular weight is 260 g/mol. The van der Waals surface area contributed by atoms with Gasteiger partial charge in [-0.3, -0.25) is 0 Å². The summed E-state index contributed by atoms with van der Waals surface area (Å²) < 4.78 is 0.863. The highest BCUT2D eigenvalue weighted by molar-refractivity contribution is 9.12. The number of allylic oxidation sites excluding steroid dienone is 4. The fourth-order valence-electron chi connectivity index (χ4n) is 1.78. The molecular weight excluding hydrogens is 250 g/mol. The van der Waals surface area contributed by atoms with Crippen molar-refractivity contribution in [2.24, 2.45) is 0 Å². The van der Waals surface area contributed by atoms with Gasteiger partial charge in [0.25, 0.3) is 0 Å². The number of rotatable bonds is 0. The summed E-state index contributed by atoms with van der Waals surface area (Å²) in [5, 5.41) is 9.15. The second-order valence-corrected chi connectivity index (χ2v) is 4.42. The summed E-state index contributed by atoms with van der Waals surface area (Å²) in [4.78, 5) is 0. The predicted octanol–water partition coefficient (Wildman–Crippen LogP) is 3.99. The Morgan fingerprint density at radius 2 is 2.07 bits per heavy atom. The highest BCUT2D eigenvalue weighted by atomic mass is 79.9. The highest BCUT2D eigenvalue weighted by Crippen LogP contribution is 2.34. The second kappa shape index (κ2) is 4.04. The second-order valence-electron chi connectivity index (χ2n) is 3.57. The molecule has 0 aromatic heterocycles. The van der Waals surface area contributed by atoms with Gasteiger partial charge < -0.3 is 0 Å². The summed E-state index contributed by atoms with van der Waals surface area (Å²) in [7, 11) is 0. The maximum atomic E-state index is 9.15. The zero-order valence-electron chi connectivity index (χ0n) is 8.37. The van der Waals surface area contributed by atoms with Gasteiger partial charge in [0.2, 0.25) is 0 Å². The first-order valence-corrected chi connectivity index (χ1v) is 5.60. The van der Waals surface area contributed by atoms with Gasteiger partial charge >= 0.3 is 0 Å². The molecule has 0 spiro atoms. The third-order valence-electron chi connectivity index (χ3n) is 2.60. The summed E-state index contributed by atoms with van der Waals surface area (Å²) in [6, 6.07) is 10.3. The van der Waals surface area contributed by atoms with Gasteiger partial charge in [-0.1, -0.05) is 43.3 Å². The fraction of sp³-hybridized carbons (Fsp3) is 0.154. The minimum absolute atomic E-state index is 0.347. The molecule has 2 heteroatoms. The lowest BCUT2D eigenvalue weighted by Gasteiger charge is -2.10. The van der Waals surface area contributed by atoms with E-state index in [0.29, 0.717) is 11.5 Å². The molecular formula is C13H10BrN. The topological polar surface area (TPSA) is 23.8 Å². The molecule has 0 heterocycles. The van der Waals surface area contributed by atoms with Crippen LogP contribution in [0, 0.1) is 11.3 Å². The SMILES string of the molecule is CC1C=CC(Br)=C(C#N)c2ccccc21. The number of halogens is 1. The van der Waals surface area contributed by atoms with Crippen molar-refractivity contribution >= 4 is 21.5 Å². The van der Waals surface area contributed by atoms with Crippen LogP contribution in [0.15, 0.2) is 40.9 Å². The molecule has 0 radical (unpaired) electrons. The van der Waals surface area contributed by atoms with E-state index in [1.165, 1.54) is 5.56 Å². The van der Waals surface area contributed by atoms with E-state index in [4.69, 9.17) is 5.26 Å². The van der Waals surface area contributed by atoms with Crippen LogP contribution < -0.4 is 0 Å². The molecule has 0 saturated heterocycles. The molecule has 1 aliphatic carbocycles. The van der Waals surface area contributed by atoms with Crippen LogP contribution in [0.25, 0.3) is 5.57 Å². The van der Waals surface area contributed by atoms with E-state index in [2.05, 4.69) is 41.1 Å². The van der Waals surface area contributed by atoms with Crippen LogP contribution >= 0.6 is 15.9 Å². The third kappa shape index (κ3) is 1.75. The maximum absolute atomic E-state index is 9.15. The summed E-state index contributed by atoms with van der Waals surface area (Å²) in [6.07, 6.45) is 4.07.